The highest BCUT2D eigenvalue weighted by Gasteiger charge is 2.11. The Bertz CT molecular complexity index is 337. The molecule has 2 nitrogen and oxygen atoms in total. The quantitative estimate of drug-likeness (QED) is 0.829. The van der Waals surface area contributed by atoms with Crippen molar-refractivity contribution in [1.82, 2.24) is 0 Å². The van der Waals surface area contributed by atoms with E-state index in [-0.39, 0.29) is 0 Å². The van der Waals surface area contributed by atoms with E-state index in [9.17, 15) is 0 Å². The minimum absolute atomic E-state index is 0.499. The van der Waals surface area contributed by atoms with E-state index in [1.807, 2.05) is 18.2 Å². The fourth-order valence-electron chi connectivity index (χ4n) is 1.62. The molecule has 0 aliphatic rings. The van der Waals surface area contributed by atoms with Gasteiger partial charge in [-0.05, 0) is 43.0 Å². The molecule has 0 amide bonds. The molecule has 90 valence electrons. The van der Waals surface area contributed by atoms with Gasteiger partial charge in [0.15, 0.2) is 0 Å². The van der Waals surface area contributed by atoms with Crippen LogP contribution in [0.2, 0.25) is 5.02 Å². The first-order chi connectivity index (χ1) is 7.54. The highest BCUT2D eigenvalue weighted by atomic mass is 35.5. The molecule has 1 atom stereocenters. The summed E-state index contributed by atoms with van der Waals surface area (Å²) in [6.07, 6.45) is 0. The summed E-state index contributed by atoms with van der Waals surface area (Å²) in [7, 11) is 0. The molecule has 1 rings (SSSR count). The molecule has 0 aliphatic heterocycles. The van der Waals surface area contributed by atoms with Crippen molar-refractivity contribution in [3.05, 3.63) is 28.8 Å². The average Bonchev–Trinajstić information content (AvgIpc) is 2.23. The molecule has 1 unspecified atom stereocenters. The second-order valence-electron chi connectivity index (χ2n) is 4.58. The maximum Gasteiger partial charge on any atom is 0.0426 e. The van der Waals surface area contributed by atoms with Gasteiger partial charge in [-0.1, -0.05) is 31.5 Å². The Morgan fingerprint density at radius 3 is 2.62 bits per heavy atom. The molecule has 0 saturated heterocycles. The van der Waals surface area contributed by atoms with Gasteiger partial charge in [-0.25, -0.2) is 0 Å². The molecule has 0 aromatic heterocycles. The minimum Gasteiger partial charge on any atom is -0.384 e. The number of nitrogens with two attached hydrogens (primary N) is 1. The summed E-state index contributed by atoms with van der Waals surface area (Å²) in [5.74, 6) is 1.09. The maximum absolute atomic E-state index is 5.96. The van der Waals surface area contributed by atoms with E-state index in [0.717, 1.165) is 17.3 Å². The van der Waals surface area contributed by atoms with Gasteiger partial charge in [-0.3, -0.25) is 0 Å². The molecule has 0 saturated carbocycles. The monoisotopic (exact) mass is 240 g/mol. The van der Waals surface area contributed by atoms with Gasteiger partial charge in [0.05, 0.1) is 0 Å². The third-order valence-corrected chi connectivity index (χ3v) is 3.23. The third kappa shape index (κ3) is 3.69. The Kier molecular flexibility index (Phi) is 5.10. The Hall–Kier alpha value is -0.730. The van der Waals surface area contributed by atoms with E-state index in [4.69, 9.17) is 17.3 Å². The lowest BCUT2D eigenvalue weighted by molar-refractivity contribution is 0.413. The number of rotatable bonds is 5. The first-order valence-electron chi connectivity index (χ1n) is 5.74. The number of nitrogens with one attached hydrogen (secondary N) is 1. The minimum atomic E-state index is 0.499. The van der Waals surface area contributed by atoms with Gasteiger partial charge in [0, 0.05) is 17.3 Å². The van der Waals surface area contributed by atoms with Crippen LogP contribution < -0.4 is 11.1 Å². The van der Waals surface area contributed by atoms with Crippen molar-refractivity contribution in [2.75, 3.05) is 18.4 Å². The highest BCUT2D eigenvalue weighted by Crippen LogP contribution is 2.21. The average molecular weight is 241 g/mol. The summed E-state index contributed by atoms with van der Waals surface area (Å²) < 4.78 is 0. The van der Waals surface area contributed by atoms with Crippen molar-refractivity contribution in [2.24, 2.45) is 17.6 Å². The highest BCUT2D eigenvalue weighted by molar-refractivity contribution is 6.30. The smallest absolute Gasteiger partial charge is 0.0426 e. The summed E-state index contributed by atoms with van der Waals surface area (Å²) in [4.78, 5) is 0. The fourth-order valence-corrected chi connectivity index (χ4v) is 1.79. The number of aryl methyl sites for hydroxylation is 1. The number of halogens is 1. The van der Waals surface area contributed by atoms with Crippen molar-refractivity contribution in [3.63, 3.8) is 0 Å². The van der Waals surface area contributed by atoms with Gasteiger partial charge in [0.2, 0.25) is 0 Å². The fraction of sp³-hybridized carbons (Fsp3) is 0.538. The molecule has 1 aromatic rings. The lowest BCUT2D eigenvalue weighted by Crippen LogP contribution is -2.27. The molecule has 0 heterocycles. The van der Waals surface area contributed by atoms with Crippen LogP contribution in [0.3, 0.4) is 0 Å². The van der Waals surface area contributed by atoms with Crippen molar-refractivity contribution < 1.29 is 0 Å². The Balaban J connectivity index is 2.63. The molecule has 0 aliphatic carbocycles. The molecule has 0 spiro atoms. The van der Waals surface area contributed by atoms with E-state index in [1.54, 1.807) is 0 Å². The van der Waals surface area contributed by atoms with Crippen molar-refractivity contribution in [1.29, 1.82) is 0 Å². The summed E-state index contributed by atoms with van der Waals surface area (Å²) >= 11 is 5.96. The van der Waals surface area contributed by atoms with Crippen LogP contribution in [-0.4, -0.2) is 13.1 Å². The molecule has 1 aromatic carbocycles. The molecule has 0 bridgehead atoms. The van der Waals surface area contributed by atoms with Crippen LogP contribution >= 0.6 is 11.6 Å². The molecule has 3 heteroatoms. The zero-order valence-corrected chi connectivity index (χ0v) is 11.0. The van der Waals surface area contributed by atoms with E-state index >= 15 is 0 Å². The number of anilines is 1. The standard InChI is InChI=1S/C13H21ClN2/c1-9(2)11(7-15)8-16-13-6-12(14)5-4-10(13)3/h4-6,9,11,16H,7-8,15H2,1-3H3. The van der Waals surface area contributed by atoms with Gasteiger partial charge in [-0.15, -0.1) is 0 Å². The first-order valence-corrected chi connectivity index (χ1v) is 6.12. The zero-order valence-electron chi connectivity index (χ0n) is 10.3. The first kappa shape index (κ1) is 13.3. The Morgan fingerprint density at radius 2 is 2.06 bits per heavy atom. The van der Waals surface area contributed by atoms with Crippen LogP contribution in [0.5, 0.6) is 0 Å². The zero-order chi connectivity index (χ0) is 12.1. The van der Waals surface area contributed by atoms with Gasteiger partial charge in [0.25, 0.3) is 0 Å². The largest absolute Gasteiger partial charge is 0.384 e. The summed E-state index contributed by atoms with van der Waals surface area (Å²) in [5, 5.41) is 4.19. The summed E-state index contributed by atoms with van der Waals surface area (Å²) in [6, 6.07) is 5.90. The molecule has 0 radical (unpaired) electrons. The molecular weight excluding hydrogens is 220 g/mol. The molecule has 3 N–H and O–H groups in total. The van der Waals surface area contributed by atoms with Crippen molar-refractivity contribution in [3.8, 4) is 0 Å². The Morgan fingerprint density at radius 1 is 1.38 bits per heavy atom. The maximum atomic E-state index is 5.96. The molecule has 0 fully saturated rings. The molecule has 16 heavy (non-hydrogen) atoms. The Labute approximate surface area is 103 Å². The summed E-state index contributed by atoms with van der Waals surface area (Å²) in [6.45, 7) is 8.08. The lowest BCUT2D eigenvalue weighted by atomic mass is 9.96. The molecular formula is C13H21ClN2. The van der Waals surface area contributed by atoms with Crippen LogP contribution in [0.15, 0.2) is 18.2 Å². The van der Waals surface area contributed by atoms with E-state index in [1.165, 1.54) is 5.56 Å². The van der Waals surface area contributed by atoms with Crippen LogP contribution in [0.25, 0.3) is 0 Å². The lowest BCUT2D eigenvalue weighted by Gasteiger charge is -2.20. The summed E-state index contributed by atoms with van der Waals surface area (Å²) in [5.41, 5.74) is 8.06. The van der Waals surface area contributed by atoms with Crippen molar-refractivity contribution >= 4 is 17.3 Å². The van der Waals surface area contributed by atoms with Crippen LogP contribution in [0, 0.1) is 18.8 Å². The second-order valence-corrected chi connectivity index (χ2v) is 5.02. The topological polar surface area (TPSA) is 38.0 Å². The SMILES string of the molecule is Cc1ccc(Cl)cc1NCC(CN)C(C)C. The predicted molar refractivity (Wildman–Crippen MR) is 72.1 cm³/mol. The van der Waals surface area contributed by atoms with Crippen LogP contribution in [0.1, 0.15) is 19.4 Å². The third-order valence-electron chi connectivity index (χ3n) is 3.00. The number of hydrogen-bond acceptors (Lipinski definition) is 2. The van der Waals surface area contributed by atoms with Gasteiger partial charge in [0.1, 0.15) is 0 Å². The van der Waals surface area contributed by atoms with Gasteiger partial charge >= 0.3 is 0 Å². The van der Waals surface area contributed by atoms with Crippen LogP contribution in [-0.2, 0) is 0 Å². The number of hydrogen-bond donors (Lipinski definition) is 2. The van der Waals surface area contributed by atoms with E-state index < -0.39 is 0 Å². The van der Waals surface area contributed by atoms with E-state index in [0.29, 0.717) is 18.4 Å². The number of benzene rings is 1. The van der Waals surface area contributed by atoms with Crippen LogP contribution in [0.4, 0.5) is 5.69 Å². The second kappa shape index (κ2) is 6.12. The predicted octanol–water partition coefficient (Wildman–Crippen LogP) is 3.29. The van der Waals surface area contributed by atoms with Crippen molar-refractivity contribution in [2.45, 2.75) is 20.8 Å². The van der Waals surface area contributed by atoms with Gasteiger partial charge < -0.3 is 11.1 Å². The van der Waals surface area contributed by atoms with Gasteiger partial charge in [-0.2, -0.15) is 0 Å². The van der Waals surface area contributed by atoms with E-state index in [2.05, 4.69) is 26.1 Å². The normalized spacial score (nSPS) is 12.9.